The van der Waals surface area contributed by atoms with Gasteiger partial charge >= 0.3 is 6.18 Å². The average molecular weight is 538 g/mol. The summed E-state index contributed by atoms with van der Waals surface area (Å²) < 4.78 is 38.7. The topological polar surface area (TPSA) is 90.8 Å². The number of carbonyl (C=O) groups is 2. The predicted molar refractivity (Wildman–Crippen MR) is 141 cm³/mol. The molecule has 0 radical (unpaired) electrons. The molecular formula is C28H19ClF3N3O3. The molecule has 10 heteroatoms. The highest BCUT2D eigenvalue weighted by molar-refractivity contribution is 6.32. The van der Waals surface area contributed by atoms with Crippen molar-refractivity contribution in [2.75, 3.05) is 5.32 Å². The number of carbonyl (C=O) groups excluding carboxylic acids is 2. The molecule has 0 unspecified atom stereocenters. The van der Waals surface area contributed by atoms with Gasteiger partial charge in [0.05, 0.1) is 16.8 Å². The first-order valence-electron chi connectivity index (χ1n) is 11.1. The van der Waals surface area contributed by atoms with Crippen LogP contribution in [-0.4, -0.2) is 23.1 Å². The number of hydrogen-bond donors (Lipinski definition) is 3. The number of hydrazone groups is 1. The number of aromatic hydroxyl groups is 1. The number of halogens is 4. The van der Waals surface area contributed by atoms with Gasteiger partial charge in [-0.15, -0.1) is 0 Å². The second-order valence-corrected chi connectivity index (χ2v) is 8.47. The van der Waals surface area contributed by atoms with E-state index in [2.05, 4.69) is 15.8 Å². The number of hydrogen-bond acceptors (Lipinski definition) is 4. The lowest BCUT2D eigenvalue weighted by atomic mass is 10.0. The summed E-state index contributed by atoms with van der Waals surface area (Å²) >= 11 is 5.83. The molecule has 0 aromatic heterocycles. The van der Waals surface area contributed by atoms with E-state index in [1.165, 1.54) is 42.6 Å². The number of fused-ring (bicyclic) bond motifs is 1. The van der Waals surface area contributed by atoms with Crippen LogP contribution in [0.1, 0.15) is 27.0 Å². The van der Waals surface area contributed by atoms with Gasteiger partial charge in [-0.2, -0.15) is 18.3 Å². The minimum Gasteiger partial charge on any atom is -0.506 e. The van der Waals surface area contributed by atoms with Gasteiger partial charge < -0.3 is 10.4 Å². The van der Waals surface area contributed by atoms with Gasteiger partial charge in [0.2, 0.25) is 5.91 Å². The van der Waals surface area contributed by atoms with Gasteiger partial charge in [-0.05, 0) is 53.4 Å². The SMILES string of the molecule is O=C(C=Cc1cccc(C(F)(F)F)c1)Nc1ccc(C=NNC(=O)c2ccc(O)c(Cl)c2)c2ccccc12. The fraction of sp³-hybridized carbons (Fsp3) is 0.0357. The molecule has 0 aliphatic carbocycles. The lowest BCUT2D eigenvalue weighted by molar-refractivity contribution is -0.137. The fourth-order valence-electron chi connectivity index (χ4n) is 3.58. The zero-order chi connectivity index (χ0) is 27.3. The fourth-order valence-corrected chi connectivity index (χ4v) is 3.76. The van der Waals surface area contributed by atoms with Crippen LogP contribution in [0.2, 0.25) is 5.02 Å². The summed E-state index contributed by atoms with van der Waals surface area (Å²) in [6.07, 6.45) is -0.567. The van der Waals surface area contributed by atoms with Gasteiger partial charge in [0.15, 0.2) is 0 Å². The molecule has 3 N–H and O–H groups in total. The van der Waals surface area contributed by atoms with Crippen LogP contribution in [0.15, 0.2) is 90.0 Å². The molecule has 0 aliphatic heterocycles. The third kappa shape index (κ3) is 6.37. The van der Waals surface area contributed by atoms with Crippen molar-refractivity contribution in [3.05, 3.63) is 112 Å². The number of alkyl halides is 3. The van der Waals surface area contributed by atoms with Gasteiger partial charge in [0.25, 0.3) is 5.91 Å². The van der Waals surface area contributed by atoms with Crippen molar-refractivity contribution in [2.24, 2.45) is 5.10 Å². The molecule has 0 saturated heterocycles. The smallest absolute Gasteiger partial charge is 0.416 e. The van der Waals surface area contributed by atoms with E-state index in [4.69, 9.17) is 11.6 Å². The largest absolute Gasteiger partial charge is 0.506 e. The minimum atomic E-state index is -4.47. The van der Waals surface area contributed by atoms with Crippen LogP contribution < -0.4 is 10.7 Å². The number of rotatable bonds is 6. The van der Waals surface area contributed by atoms with Crippen LogP contribution in [0, 0.1) is 0 Å². The van der Waals surface area contributed by atoms with Crippen molar-refractivity contribution in [3.8, 4) is 5.75 Å². The van der Waals surface area contributed by atoms with E-state index >= 15 is 0 Å². The second kappa shape index (κ2) is 11.2. The molecule has 0 fully saturated rings. The van der Waals surface area contributed by atoms with Crippen molar-refractivity contribution in [3.63, 3.8) is 0 Å². The summed E-state index contributed by atoms with van der Waals surface area (Å²) in [4.78, 5) is 24.8. The Morgan fingerprint density at radius 2 is 1.68 bits per heavy atom. The highest BCUT2D eigenvalue weighted by Gasteiger charge is 2.30. The Kier molecular flexibility index (Phi) is 7.78. The van der Waals surface area contributed by atoms with E-state index in [0.29, 0.717) is 16.6 Å². The summed E-state index contributed by atoms with van der Waals surface area (Å²) in [5.74, 6) is -1.19. The van der Waals surface area contributed by atoms with Gasteiger partial charge in [-0.25, -0.2) is 5.43 Å². The number of phenols is 1. The molecule has 4 aromatic rings. The van der Waals surface area contributed by atoms with Crippen molar-refractivity contribution in [2.45, 2.75) is 6.18 Å². The summed E-state index contributed by atoms with van der Waals surface area (Å²) in [6, 6.07) is 19.2. The maximum absolute atomic E-state index is 12.9. The van der Waals surface area contributed by atoms with Crippen LogP contribution in [0.5, 0.6) is 5.75 Å². The standard InChI is InChI=1S/C28H19ClF3N3O3/c29-23-15-18(10-12-25(23)36)27(38)35-33-16-19-9-11-24(22-7-2-1-6-21(19)22)34-26(37)13-8-17-4-3-5-20(14-17)28(30,31)32/h1-16,36H,(H,34,37)(H,35,38). The Balaban J connectivity index is 1.49. The second-order valence-electron chi connectivity index (χ2n) is 8.06. The number of anilines is 1. The third-order valence-electron chi connectivity index (χ3n) is 5.44. The van der Waals surface area contributed by atoms with E-state index in [0.717, 1.165) is 23.6 Å². The summed E-state index contributed by atoms with van der Waals surface area (Å²) in [6.45, 7) is 0. The first-order valence-corrected chi connectivity index (χ1v) is 11.5. The molecule has 4 aromatic carbocycles. The molecule has 0 heterocycles. The normalized spacial score (nSPS) is 11.8. The molecular weight excluding hydrogens is 519 g/mol. The van der Waals surface area contributed by atoms with Crippen LogP contribution in [0.3, 0.4) is 0 Å². The van der Waals surface area contributed by atoms with Crippen LogP contribution >= 0.6 is 11.6 Å². The van der Waals surface area contributed by atoms with E-state index < -0.39 is 23.6 Å². The minimum absolute atomic E-state index is 0.0370. The van der Waals surface area contributed by atoms with E-state index in [9.17, 15) is 27.9 Å². The van der Waals surface area contributed by atoms with Gasteiger partial charge in [0.1, 0.15) is 5.75 Å². The molecule has 6 nitrogen and oxygen atoms in total. The summed E-state index contributed by atoms with van der Waals surface area (Å²) in [7, 11) is 0. The predicted octanol–water partition coefficient (Wildman–Crippen LogP) is 6.63. The molecule has 38 heavy (non-hydrogen) atoms. The zero-order valence-corrected chi connectivity index (χ0v) is 20.2. The van der Waals surface area contributed by atoms with E-state index in [1.54, 1.807) is 30.3 Å². The average Bonchev–Trinajstić information content (AvgIpc) is 2.90. The Morgan fingerprint density at radius 3 is 2.42 bits per heavy atom. The number of nitrogens with zero attached hydrogens (tertiary/aromatic N) is 1. The van der Waals surface area contributed by atoms with Crippen molar-refractivity contribution in [1.29, 1.82) is 0 Å². The van der Waals surface area contributed by atoms with E-state index in [1.807, 2.05) is 6.07 Å². The quantitative estimate of drug-likeness (QED) is 0.146. The van der Waals surface area contributed by atoms with Crippen molar-refractivity contribution < 1.29 is 27.9 Å². The van der Waals surface area contributed by atoms with Crippen molar-refractivity contribution in [1.82, 2.24) is 5.43 Å². The molecule has 0 aliphatic rings. The Labute approximate surface area is 220 Å². The highest BCUT2D eigenvalue weighted by atomic mass is 35.5. The number of benzene rings is 4. The van der Waals surface area contributed by atoms with Gasteiger partial charge in [-0.3, -0.25) is 9.59 Å². The number of amides is 2. The number of phenolic OH excluding ortho intramolecular Hbond substituents is 1. The lowest BCUT2D eigenvalue weighted by Crippen LogP contribution is -2.17. The molecule has 0 spiro atoms. The van der Waals surface area contributed by atoms with Gasteiger partial charge in [0, 0.05) is 28.3 Å². The Morgan fingerprint density at radius 1 is 0.921 bits per heavy atom. The molecule has 0 atom stereocenters. The Bertz CT molecular complexity index is 1580. The third-order valence-corrected chi connectivity index (χ3v) is 5.74. The molecule has 0 saturated carbocycles. The monoisotopic (exact) mass is 537 g/mol. The van der Waals surface area contributed by atoms with Gasteiger partial charge in [-0.1, -0.05) is 54.1 Å². The molecule has 0 bridgehead atoms. The first kappa shape index (κ1) is 26.4. The maximum Gasteiger partial charge on any atom is 0.416 e. The molecule has 192 valence electrons. The first-order chi connectivity index (χ1) is 18.1. The summed E-state index contributed by atoms with van der Waals surface area (Å²) in [5.41, 5.74) is 3.19. The summed E-state index contributed by atoms with van der Waals surface area (Å²) in [5, 5.41) is 17.7. The molecule has 4 rings (SSSR count). The molecule has 2 amide bonds. The van der Waals surface area contributed by atoms with Crippen molar-refractivity contribution >= 4 is 52.2 Å². The number of nitrogens with one attached hydrogen (secondary N) is 2. The van der Waals surface area contributed by atoms with Crippen LogP contribution in [0.25, 0.3) is 16.8 Å². The lowest BCUT2D eigenvalue weighted by Gasteiger charge is -2.10. The maximum atomic E-state index is 12.9. The van der Waals surface area contributed by atoms with Crippen LogP contribution in [-0.2, 0) is 11.0 Å². The van der Waals surface area contributed by atoms with E-state index in [-0.39, 0.29) is 21.9 Å². The zero-order valence-electron chi connectivity index (χ0n) is 19.5. The van der Waals surface area contributed by atoms with Crippen LogP contribution in [0.4, 0.5) is 18.9 Å². The highest BCUT2D eigenvalue weighted by Crippen LogP contribution is 2.30. The Hall–Kier alpha value is -4.63.